The van der Waals surface area contributed by atoms with E-state index in [0.29, 0.717) is 12.8 Å². The van der Waals surface area contributed by atoms with Crippen molar-refractivity contribution < 1.29 is 46.9 Å². The van der Waals surface area contributed by atoms with E-state index in [0.717, 1.165) is 44.1 Å². The summed E-state index contributed by atoms with van der Waals surface area (Å²) in [6.45, 7) is 5.30. The highest BCUT2D eigenvalue weighted by atomic mass is 31.2. The van der Waals surface area contributed by atoms with Crippen LogP contribution in [0.2, 0.25) is 0 Å². The van der Waals surface area contributed by atoms with Gasteiger partial charge < -0.3 is 25.1 Å². The molecule has 0 bridgehead atoms. The summed E-state index contributed by atoms with van der Waals surface area (Å²) in [5, 5.41) is 14.1. The minimum atomic E-state index is -4.71. The van der Waals surface area contributed by atoms with E-state index in [2.05, 4.69) is 39.8 Å². The van der Waals surface area contributed by atoms with Gasteiger partial charge in [0.1, 0.15) is 25.0 Å². The predicted octanol–water partition coefficient (Wildman–Crippen LogP) is 8.30. The van der Waals surface area contributed by atoms with Crippen molar-refractivity contribution in [2.45, 2.75) is 166 Å². The van der Waals surface area contributed by atoms with E-state index < -0.39 is 62.4 Å². The van der Waals surface area contributed by atoms with Gasteiger partial charge in [-0.3, -0.25) is 18.4 Å². The molecule has 3 heterocycles. The van der Waals surface area contributed by atoms with Crippen molar-refractivity contribution in [3.63, 3.8) is 0 Å². The van der Waals surface area contributed by atoms with Crippen LogP contribution in [0.5, 0.6) is 0 Å². The minimum Gasteiger partial charge on any atom is -0.465 e. The van der Waals surface area contributed by atoms with E-state index in [1.165, 1.54) is 69.2 Å². The highest BCUT2D eigenvalue weighted by Crippen LogP contribution is 2.49. The number of halogens is 1. The summed E-state index contributed by atoms with van der Waals surface area (Å²) in [6.07, 6.45) is 19.1. The number of nitrogens with two attached hydrogens (primary N) is 1. The van der Waals surface area contributed by atoms with Gasteiger partial charge in [0, 0.05) is 6.42 Å². The summed E-state index contributed by atoms with van der Waals surface area (Å²) in [7, 11) is -4.71. The number of anilines is 1. The van der Waals surface area contributed by atoms with Crippen LogP contribution in [-0.4, -0.2) is 80.2 Å². The van der Waals surface area contributed by atoms with Crippen molar-refractivity contribution in [2.75, 3.05) is 25.6 Å². The average molecular weight is 873 g/mol. The lowest BCUT2D eigenvalue weighted by atomic mass is 9.99. The molecule has 1 aromatic carbocycles. The number of aromatic nitrogens is 4. The van der Waals surface area contributed by atoms with Crippen LogP contribution in [0.1, 0.15) is 142 Å². The number of carbonyl (C=O) groups excluding carboxylic acids is 2. The number of aliphatic hydroxyl groups excluding tert-OH is 1. The van der Waals surface area contributed by atoms with Crippen molar-refractivity contribution in [3.05, 3.63) is 48.3 Å². The molecule has 338 valence electrons. The third kappa shape index (κ3) is 15.7. The molecule has 0 unspecified atom stereocenters. The number of carbonyl (C=O) groups is 2. The number of aliphatic hydroxyl groups is 1. The molecule has 1 aliphatic heterocycles. The van der Waals surface area contributed by atoms with Crippen LogP contribution in [0, 0.1) is 18.4 Å². The molecule has 6 atom stereocenters. The number of fused-ring (bicyclic) bond motifs is 1. The Hall–Kier alpha value is -3.97. The summed E-state index contributed by atoms with van der Waals surface area (Å²) in [5.74, 6) is 0.746. The lowest BCUT2D eigenvalue weighted by molar-refractivity contribution is -0.152. The minimum absolute atomic E-state index is 0.000150. The normalized spacial score (nSPS) is 19.6. The fraction of sp³-hybridized carbons (Fsp3) is 0.659. The van der Waals surface area contributed by atoms with Crippen molar-refractivity contribution in [2.24, 2.45) is 0 Å². The van der Waals surface area contributed by atoms with Crippen LogP contribution in [0.25, 0.3) is 11.2 Å². The molecular weight excluding hydrogens is 806 g/mol. The van der Waals surface area contributed by atoms with Crippen molar-refractivity contribution in [1.82, 2.24) is 24.6 Å². The van der Waals surface area contributed by atoms with Gasteiger partial charge in [-0.05, 0) is 31.7 Å². The third-order valence-corrected chi connectivity index (χ3v) is 12.4. The van der Waals surface area contributed by atoms with Gasteiger partial charge in [0.2, 0.25) is 0 Å². The summed E-state index contributed by atoms with van der Waals surface area (Å²) in [5.41, 5.74) is 4.74. The SMILES string of the molecule is C#C[C@]1(CO[P@](=O)(N[C@@H](Cc2ccccc2)C(=O)OCCCCCCCCCC)O[C@@H](C)C(=O)OCCCCCCCCCC)O[C@@H](n2cnc3c(N)nc(F)nc32)C[C@@H]1O. The summed E-state index contributed by atoms with van der Waals surface area (Å²) < 4.78 is 59.6. The van der Waals surface area contributed by atoms with E-state index >= 15 is 0 Å². The second kappa shape index (κ2) is 25.8. The smallest absolute Gasteiger partial charge is 0.407 e. The number of nitrogens with one attached hydrogen (secondary N) is 1. The summed E-state index contributed by atoms with van der Waals surface area (Å²) in [6, 6.07) is 7.79. The molecule has 0 aliphatic carbocycles. The second-order valence-corrected chi connectivity index (χ2v) is 17.5. The number of ether oxygens (including phenoxy) is 3. The Morgan fingerprint density at radius 1 is 0.967 bits per heavy atom. The zero-order chi connectivity index (χ0) is 44.1. The van der Waals surface area contributed by atoms with Gasteiger partial charge in [0.05, 0.1) is 19.5 Å². The van der Waals surface area contributed by atoms with Crippen LogP contribution in [-0.2, 0) is 43.8 Å². The van der Waals surface area contributed by atoms with Gasteiger partial charge in [0.25, 0.3) is 0 Å². The van der Waals surface area contributed by atoms with Gasteiger partial charge in [0.15, 0.2) is 28.7 Å². The van der Waals surface area contributed by atoms with Crippen molar-refractivity contribution in [1.29, 1.82) is 0 Å². The van der Waals surface area contributed by atoms with E-state index in [4.69, 9.17) is 35.4 Å². The number of hydrogen-bond donors (Lipinski definition) is 3. The lowest BCUT2D eigenvalue weighted by Gasteiger charge is -2.31. The highest BCUT2D eigenvalue weighted by Gasteiger charge is 2.50. The molecule has 0 radical (unpaired) electrons. The summed E-state index contributed by atoms with van der Waals surface area (Å²) in [4.78, 5) is 38.4. The number of nitrogens with zero attached hydrogens (tertiary/aromatic N) is 4. The number of unbranched alkanes of at least 4 members (excludes halogenated alkanes) is 14. The van der Waals surface area contributed by atoms with E-state index in [1.54, 1.807) is 24.3 Å². The maximum Gasteiger partial charge on any atom is 0.407 e. The maximum atomic E-state index is 14.9. The number of benzene rings is 1. The number of imidazole rings is 1. The Balaban J connectivity index is 1.49. The Labute approximate surface area is 360 Å². The van der Waals surface area contributed by atoms with Crippen molar-refractivity contribution >= 4 is 36.7 Å². The van der Waals surface area contributed by atoms with Crippen LogP contribution in [0.15, 0.2) is 36.7 Å². The zero-order valence-corrected chi connectivity index (χ0v) is 37.0. The predicted molar refractivity (Wildman–Crippen MR) is 230 cm³/mol. The summed E-state index contributed by atoms with van der Waals surface area (Å²) >= 11 is 0. The molecule has 1 saturated heterocycles. The molecule has 3 aromatic rings. The number of terminal acetylenes is 1. The van der Waals surface area contributed by atoms with Crippen LogP contribution >= 0.6 is 7.75 Å². The molecule has 15 nitrogen and oxygen atoms in total. The van der Waals surface area contributed by atoms with E-state index in [-0.39, 0.29) is 43.0 Å². The van der Waals surface area contributed by atoms with Crippen molar-refractivity contribution in [3.8, 4) is 12.3 Å². The Kier molecular flexibility index (Phi) is 21.0. The van der Waals surface area contributed by atoms with E-state index in [9.17, 15) is 23.7 Å². The number of rotatable bonds is 30. The first-order valence-corrected chi connectivity index (χ1v) is 23.6. The fourth-order valence-corrected chi connectivity index (χ4v) is 8.77. The number of nitrogen functional groups attached to an aromatic ring is 1. The molecule has 61 heavy (non-hydrogen) atoms. The Morgan fingerprint density at radius 2 is 1.54 bits per heavy atom. The monoisotopic (exact) mass is 872 g/mol. The molecule has 0 spiro atoms. The number of hydrogen-bond acceptors (Lipinski definition) is 13. The first kappa shape index (κ1) is 49.7. The lowest BCUT2D eigenvalue weighted by Crippen LogP contribution is -2.44. The topological polar surface area (TPSA) is 199 Å². The largest absolute Gasteiger partial charge is 0.465 e. The zero-order valence-electron chi connectivity index (χ0n) is 36.1. The Bertz CT molecular complexity index is 1880. The van der Waals surface area contributed by atoms with Crippen LogP contribution in [0.4, 0.5) is 10.2 Å². The maximum absolute atomic E-state index is 14.9. The molecule has 0 saturated carbocycles. The third-order valence-electron chi connectivity index (χ3n) is 10.7. The Morgan fingerprint density at radius 3 is 2.13 bits per heavy atom. The first-order valence-electron chi connectivity index (χ1n) is 22.0. The molecule has 4 rings (SSSR count). The standard InChI is InChI=1S/C44H66FN6O9P/c1-5-8-10-12-14-16-18-23-27-56-41(53)33(4)60-61(55,50-35(29-34-25-21-20-22-26-34)42(54)57-28-24-19-17-15-13-11-9-6-2)58-31-44(7-3)36(52)30-37(59-44)51-32-47-38-39(46)48-43(45)49-40(38)51/h3,20-22,25-26,32-33,35-37,52H,5-6,8-19,23-24,27-31H2,1-2,4H3,(H,50,55)(H2,46,48,49)/t33-,35-,36-,37+,44+,61+/m0/s1. The molecule has 4 N–H and O–H groups in total. The molecule has 17 heteroatoms. The van der Waals surface area contributed by atoms with E-state index in [1.807, 2.05) is 6.07 Å². The first-order chi connectivity index (χ1) is 29.4. The van der Waals surface area contributed by atoms with Gasteiger partial charge in [-0.1, -0.05) is 140 Å². The second-order valence-electron chi connectivity index (χ2n) is 15.7. The van der Waals surface area contributed by atoms with Crippen LogP contribution in [0.3, 0.4) is 0 Å². The molecule has 2 aromatic heterocycles. The molecule has 1 aliphatic rings. The fourth-order valence-electron chi connectivity index (χ4n) is 7.13. The van der Waals surface area contributed by atoms with Crippen LogP contribution < -0.4 is 10.8 Å². The quantitative estimate of drug-likeness (QED) is 0.0190. The average Bonchev–Trinajstić information content (AvgIpc) is 3.82. The molecular formula is C44H66FN6O9P. The molecule has 1 fully saturated rings. The van der Waals surface area contributed by atoms with Gasteiger partial charge in [-0.15, -0.1) is 6.42 Å². The number of esters is 2. The van der Waals surface area contributed by atoms with Gasteiger partial charge in [-0.2, -0.15) is 14.4 Å². The van der Waals surface area contributed by atoms with Gasteiger partial charge in [-0.25, -0.2) is 19.4 Å². The molecule has 0 amide bonds. The highest BCUT2D eigenvalue weighted by molar-refractivity contribution is 7.51. The van der Waals surface area contributed by atoms with Gasteiger partial charge >= 0.3 is 25.8 Å².